The molecule has 0 bridgehead atoms. The van der Waals surface area contributed by atoms with E-state index in [1.54, 1.807) is 6.07 Å². The van der Waals surface area contributed by atoms with Crippen LogP contribution in [-0.4, -0.2) is 30.6 Å². The van der Waals surface area contributed by atoms with E-state index in [-0.39, 0.29) is 6.04 Å². The normalized spacial score (nSPS) is 28.1. The van der Waals surface area contributed by atoms with Gasteiger partial charge in [0.2, 0.25) is 5.76 Å². The number of fused-ring (bicyclic) bond motifs is 1. The molecule has 3 unspecified atom stereocenters. The maximum Gasteiger partial charge on any atom is 0.373 e. The Balaban J connectivity index is 1.76. The SMILES string of the molecule is COC(=O)c1ccc(C(C)N2CCCC3CCCC32)o1. The van der Waals surface area contributed by atoms with Crippen molar-refractivity contribution in [1.82, 2.24) is 4.90 Å². The molecule has 1 aliphatic heterocycles. The van der Waals surface area contributed by atoms with E-state index in [4.69, 9.17) is 9.15 Å². The Morgan fingerprint density at radius 3 is 2.95 bits per heavy atom. The summed E-state index contributed by atoms with van der Waals surface area (Å²) in [6.45, 7) is 3.32. The molecule has 0 N–H and O–H groups in total. The van der Waals surface area contributed by atoms with E-state index >= 15 is 0 Å². The zero-order valence-electron chi connectivity index (χ0n) is 12.3. The van der Waals surface area contributed by atoms with Crippen LogP contribution < -0.4 is 0 Å². The molecule has 0 aromatic carbocycles. The number of piperidine rings is 1. The van der Waals surface area contributed by atoms with Gasteiger partial charge < -0.3 is 9.15 Å². The third kappa shape index (κ3) is 2.37. The second kappa shape index (κ2) is 5.60. The summed E-state index contributed by atoms with van der Waals surface area (Å²) in [5, 5.41) is 0. The molecule has 4 heteroatoms. The van der Waals surface area contributed by atoms with Crippen molar-refractivity contribution >= 4 is 5.97 Å². The minimum Gasteiger partial charge on any atom is -0.463 e. The lowest BCUT2D eigenvalue weighted by Crippen LogP contribution is -2.43. The van der Waals surface area contributed by atoms with Crippen molar-refractivity contribution in [3.05, 3.63) is 23.7 Å². The molecule has 1 saturated carbocycles. The van der Waals surface area contributed by atoms with Crippen LogP contribution in [0.25, 0.3) is 0 Å². The Hall–Kier alpha value is -1.29. The van der Waals surface area contributed by atoms with Gasteiger partial charge in [-0.3, -0.25) is 4.90 Å². The minimum atomic E-state index is -0.402. The highest BCUT2D eigenvalue weighted by Crippen LogP contribution is 2.40. The minimum absolute atomic E-state index is 0.235. The van der Waals surface area contributed by atoms with Crippen LogP contribution in [0.1, 0.15) is 61.4 Å². The predicted molar refractivity (Wildman–Crippen MR) is 75.5 cm³/mol. The summed E-state index contributed by atoms with van der Waals surface area (Å²) in [5.74, 6) is 1.63. The van der Waals surface area contributed by atoms with Crippen LogP contribution in [0.15, 0.2) is 16.5 Å². The van der Waals surface area contributed by atoms with Gasteiger partial charge in [-0.2, -0.15) is 0 Å². The Morgan fingerprint density at radius 2 is 2.15 bits per heavy atom. The zero-order valence-corrected chi connectivity index (χ0v) is 12.3. The summed E-state index contributed by atoms with van der Waals surface area (Å²) < 4.78 is 10.4. The summed E-state index contributed by atoms with van der Waals surface area (Å²) in [4.78, 5) is 14.0. The molecular weight excluding hydrogens is 254 g/mol. The highest BCUT2D eigenvalue weighted by molar-refractivity contribution is 5.86. The molecule has 0 spiro atoms. The van der Waals surface area contributed by atoms with E-state index in [0.717, 1.165) is 18.2 Å². The average Bonchev–Trinajstić information content (AvgIpc) is 3.13. The van der Waals surface area contributed by atoms with Crippen molar-refractivity contribution in [2.24, 2.45) is 5.92 Å². The molecular formula is C16H23NO3. The molecule has 110 valence electrons. The van der Waals surface area contributed by atoms with Crippen LogP contribution in [-0.2, 0) is 4.74 Å². The Morgan fingerprint density at radius 1 is 1.35 bits per heavy atom. The first-order valence-electron chi connectivity index (χ1n) is 7.64. The standard InChI is InChI=1S/C16H23NO3/c1-11(14-8-9-15(20-14)16(18)19-2)17-10-4-6-12-5-3-7-13(12)17/h8-9,11-13H,3-7,10H2,1-2H3. The molecule has 1 saturated heterocycles. The molecule has 1 aromatic rings. The smallest absolute Gasteiger partial charge is 0.373 e. The van der Waals surface area contributed by atoms with E-state index in [2.05, 4.69) is 11.8 Å². The molecule has 4 nitrogen and oxygen atoms in total. The number of methoxy groups -OCH3 is 1. The number of esters is 1. The molecule has 1 aromatic heterocycles. The number of hydrogen-bond donors (Lipinski definition) is 0. The van der Waals surface area contributed by atoms with Gasteiger partial charge in [0, 0.05) is 6.04 Å². The van der Waals surface area contributed by atoms with Gasteiger partial charge in [0.25, 0.3) is 0 Å². The highest BCUT2D eigenvalue weighted by atomic mass is 16.5. The van der Waals surface area contributed by atoms with E-state index in [1.165, 1.54) is 39.2 Å². The first-order valence-corrected chi connectivity index (χ1v) is 7.64. The van der Waals surface area contributed by atoms with Gasteiger partial charge >= 0.3 is 5.97 Å². The summed E-state index contributed by atoms with van der Waals surface area (Å²) in [6, 6.07) is 4.56. The lowest BCUT2D eigenvalue weighted by atomic mass is 9.90. The van der Waals surface area contributed by atoms with E-state index in [0.29, 0.717) is 11.8 Å². The average molecular weight is 277 g/mol. The summed E-state index contributed by atoms with van der Waals surface area (Å²) >= 11 is 0. The lowest BCUT2D eigenvalue weighted by Gasteiger charge is -2.40. The van der Waals surface area contributed by atoms with Gasteiger partial charge in [-0.25, -0.2) is 4.79 Å². The summed E-state index contributed by atoms with van der Waals surface area (Å²) in [7, 11) is 1.38. The fraction of sp³-hybridized carbons (Fsp3) is 0.688. The third-order valence-corrected chi connectivity index (χ3v) is 4.96. The monoisotopic (exact) mass is 277 g/mol. The maximum atomic E-state index is 11.5. The van der Waals surface area contributed by atoms with Crippen LogP contribution >= 0.6 is 0 Å². The largest absolute Gasteiger partial charge is 0.463 e. The number of hydrogen-bond acceptors (Lipinski definition) is 4. The van der Waals surface area contributed by atoms with Crippen LogP contribution in [0.3, 0.4) is 0 Å². The quantitative estimate of drug-likeness (QED) is 0.794. The van der Waals surface area contributed by atoms with Gasteiger partial charge in [0.15, 0.2) is 0 Å². The van der Waals surface area contributed by atoms with E-state index in [9.17, 15) is 4.79 Å². The first-order chi connectivity index (χ1) is 9.70. The molecule has 2 fully saturated rings. The number of rotatable bonds is 3. The molecule has 3 atom stereocenters. The van der Waals surface area contributed by atoms with Crippen molar-refractivity contribution in [2.75, 3.05) is 13.7 Å². The van der Waals surface area contributed by atoms with Gasteiger partial charge in [0.1, 0.15) is 5.76 Å². The van der Waals surface area contributed by atoms with Gasteiger partial charge in [0.05, 0.1) is 13.2 Å². The predicted octanol–water partition coefficient (Wildman–Crippen LogP) is 3.39. The van der Waals surface area contributed by atoms with Crippen molar-refractivity contribution in [2.45, 2.75) is 51.1 Å². The number of nitrogens with zero attached hydrogens (tertiary/aromatic N) is 1. The van der Waals surface area contributed by atoms with Gasteiger partial charge in [-0.15, -0.1) is 0 Å². The number of ether oxygens (including phenoxy) is 1. The van der Waals surface area contributed by atoms with Crippen LogP contribution in [0.4, 0.5) is 0 Å². The number of carbonyl (C=O) groups is 1. The molecule has 0 amide bonds. The molecule has 1 aliphatic carbocycles. The number of carbonyl (C=O) groups excluding carboxylic acids is 1. The van der Waals surface area contributed by atoms with Crippen LogP contribution in [0.2, 0.25) is 0 Å². The van der Waals surface area contributed by atoms with Crippen molar-refractivity contribution in [3.8, 4) is 0 Å². The molecule has 3 rings (SSSR count). The maximum absolute atomic E-state index is 11.5. The Labute approximate surface area is 120 Å². The Kier molecular flexibility index (Phi) is 3.83. The van der Waals surface area contributed by atoms with Crippen molar-refractivity contribution < 1.29 is 13.9 Å². The molecule has 20 heavy (non-hydrogen) atoms. The third-order valence-electron chi connectivity index (χ3n) is 4.96. The second-order valence-electron chi connectivity index (χ2n) is 6.01. The topological polar surface area (TPSA) is 42.7 Å². The molecule has 2 heterocycles. The fourth-order valence-electron chi connectivity index (χ4n) is 3.92. The fourth-order valence-corrected chi connectivity index (χ4v) is 3.92. The lowest BCUT2D eigenvalue weighted by molar-refractivity contribution is 0.0526. The summed E-state index contributed by atoms with van der Waals surface area (Å²) in [6.07, 6.45) is 6.68. The van der Waals surface area contributed by atoms with Crippen LogP contribution in [0.5, 0.6) is 0 Å². The Bertz CT molecular complexity index is 482. The zero-order chi connectivity index (χ0) is 14.1. The van der Waals surface area contributed by atoms with Crippen molar-refractivity contribution in [1.29, 1.82) is 0 Å². The van der Waals surface area contributed by atoms with Gasteiger partial charge in [-0.05, 0) is 57.2 Å². The van der Waals surface area contributed by atoms with Gasteiger partial charge in [-0.1, -0.05) is 6.42 Å². The summed E-state index contributed by atoms with van der Waals surface area (Å²) in [5.41, 5.74) is 0. The van der Waals surface area contributed by atoms with E-state index in [1.807, 2.05) is 6.07 Å². The highest BCUT2D eigenvalue weighted by Gasteiger charge is 2.38. The molecule has 2 aliphatic rings. The molecule has 0 radical (unpaired) electrons. The van der Waals surface area contributed by atoms with E-state index < -0.39 is 5.97 Å². The second-order valence-corrected chi connectivity index (χ2v) is 6.01. The first kappa shape index (κ1) is 13.7. The number of likely N-dealkylation sites (tertiary alicyclic amines) is 1. The van der Waals surface area contributed by atoms with Crippen LogP contribution in [0, 0.1) is 5.92 Å². The van der Waals surface area contributed by atoms with Crippen molar-refractivity contribution in [3.63, 3.8) is 0 Å². The number of furan rings is 1.